The smallest absolute Gasteiger partial charge is 0.291 e. The summed E-state index contributed by atoms with van der Waals surface area (Å²) < 4.78 is 2.53. The van der Waals surface area contributed by atoms with Gasteiger partial charge in [0, 0.05) is 12.6 Å². The van der Waals surface area contributed by atoms with Crippen molar-refractivity contribution in [3.8, 4) is 0 Å². The first kappa shape index (κ1) is 13.1. The minimum absolute atomic E-state index is 0.167. The molecule has 3 rings (SSSR count). The molecule has 0 aromatic carbocycles. The maximum atomic E-state index is 12.5. The van der Waals surface area contributed by atoms with Crippen molar-refractivity contribution in [2.45, 2.75) is 51.6 Å². The van der Waals surface area contributed by atoms with Crippen LogP contribution in [0.15, 0.2) is 9.59 Å². The fourth-order valence-corrected chi connectivity index (χ4v) is 2.71. The molecule has 0 aliphatic heterocycles. The molecule has 0 atom stereocenters. The maximum absolute atomic E-state index is 12.5. The van der Waals surface area contributed by atoms with E-state index in [-0.39, 0.29) is 17.4 Å². The van der Waals surface area contributed by atoms with E-state index in [4.69, 9.17) is 0 Å². The first-order valence-corrected chi connectivity index (χ1v) is 7.01. The Bertz CT molecular complexity index is 680. The predicted octanol–water partition coefficient (Wildman–Crippen LogP) is 1.36. The van der Waals surface area contributed by atoms with E-state index in [9.17, 15) is 19.7 Å². The summed E-state index contributed by atoms with van der Waals surface area (Å²) in [4.78, 5) is 35.2. The average molecular weight is 279 g/mol. The van der Waals surface area contributed by atoms with Gasteiger partial charge in [0.25, 0.3) is 0 Å². The Hall–Kier alpha value is -1.92. The fraction of sp³-hybridized carbons (Fsp3) is 0.692. The van der Waals surface area contributed by atoms with Gasteiger partial charge in [-0.1, -0.05) is 0 Å². The lowest BCUT2D eigenvalue weighted by atomic mass is 9.93. The second-order valence-electron chi connectivity index (χ2n) is 5.79. The van der Waals surface area contributed by atoms with Crippen molar-refractivity contribution in [2.24, 2.45) is 5.92 Å². The number of nitrogens with zero attached hydrogens (tertiary/aromatic N) is 3. The van der Waals surface area contributed by atoms with Gasteiger partial charge in [0.05, 0.1) is 4.92 Å². The van der Waals surface area contributed by atoms with Crippen molar-refractivity contribution in [2.75, 3.05) is 0 Å². The van der Waals surface area contributed by atoms with Crippen LogP contribution in [-0.4, -0.2) is 14.1 Å². The summed E-state index contributed by atoms with van der Waals surface area (Å²) in [6, 6.07) is -0.167. The Morgan fingerprint density at radius 1 is 1.25 bits per heavy atom. The van der Waals surface area contributed by atoms with Crippen molar-refractivity contribution in [3.63, 3.8) is 0 Å². The highest BCUT2D eigenvalue weighted by Gasteiger charge is 2.32. The molecule has 1 aromatic rings. The molecule has 1 heterocycles. The zero-order valence-corrected chi connectivity index (χ0v) is 11.4. The molecule has 0 saturated heterocycles. The normalized spacial score (nSPS) is 18.9. The molecule has 0 spiro atoms. The summed E-state index contributed by atoms with van der Waals surface area (Å²) in [7, 11) is 0. The highest BCUT2D eigenvalue weighted by atomic mass is 16.6. The molecule has 108 valence electrons. The molecule has 0 N–H and O–H groups in total. The Balaban J connectivity index is 2.22. The van der Waals surface area contributed by atoms with Gasteiger partial charge >= 0.3 is 16.9 Å². The van der Waals surface area contributed by atoms with E-state index in [2.05, 4.69) is 0 Å². The molecule has 2 aliphatic rings. The number of hydrogen-bond acceptors (Lipinski definition) is 4. The lowest BCUT2D eigenvalue weighted by Crippen LogP contribution is -2.45. The summed E-state index contributed by atoms with van der Waals surface area (Å²) in [5.41, 5.74) is -1.38. The van der Waals surface area contributed by atoms with E-state index < -0.39 is 16.2 Å². The van der Waals surface area contributed by atoms with Crippen molar-refractivity contribution in [3.05, 3.63) is 36.6 Å². The molecule has 2 aliphatic carbocycles. The molecule has 0 radical (unpaired) electrons. The summed E-state index contributed by atoms with van der Waals surface area (Å²) in [6.45, 7) is 1.98. The fourth-order valence-electron chi connectivity index (χ4n) is 2.71. The largest absolute Gasteiger partial charge is 0.353 e. The van der Waals surface area contributed by atoms with E-state index in [1.807, 2.05) is 0 Å². The van der Waals surface area contributed by atoms with Crippen LogP contribution >= 0.6 is 0 Å². The third kappa shape index (κ3) is 1.97. The van der Waals surface area contributed by atoms with Gasteiger partial charge in [0.2, 0.25) is 0 Å². The van der Waals surface area contributed by atoms with Gasteiger partial charge in [0.1, 0.15) is 5.69 Å². The Morgan fingerprint density at radius 3 is 2.35 bits per heavy atom. The summed E-state index contributed by atoms with van der Waals surface area (Å²) in [6.07, 6.45) is 4.54. The second-order valence-corrected chi connectivity index (χ2v) is 5.79. The number of nitro groups is 1. The molecule has 7 heteroatoms. The number of hydrogen-bond donors (Lipinski definition) is 0. The minimum atomic E-state index is -0.741. The van der Waals surface area contributed by atoms with Crippen molar-refractivity contribution >= 4 is 5.69 Å². The van der Waals surface area contributed by atoms with Crippen molar-refractivity contribution in [1.82, 2.24) is 9.13 Å². The Morgan fingerprint density at radius 2 is 1.90 bits per heavy atom. The van der Waals surface area contributed by atoms with Gasteiger partial charge < -0.3 is 0 Å². The quantitative estimate of drug-likeness (QED) is 0.615. The molecule has 0 bridgehead atoms. The van der Waals surface area contributed by atoms with Gasteiger partial charge in [-0.25, -0.2) is 4.79 Å². The van der Waals surface area contributed by atoms with Crippen LogP contribution in [0.3, 0.4) is 0 Å². The SMILES string of the molecule is Cc1c([N+](=O)[O-])c(=O)n(C2CCC2)c(=O)n1CC1CC1. The van der Waals surface area contributed by atoms with Crippen LogP contribution in [0.25, 0.3) is 0 Å². The molecular formula is C13H17N3O4. The topological polar surface area (TPSA) is 87.1 Å². The third-order valence-corrected chi connectivity index (χ3v) is 4.37. The Kier molecular flexibility index (Phi) is 2.99. The van der Waals surface area contributed by atoms with Crippen molar-refractivity contribution < 1.29 is 4.92 Å². The van der Waals surface area contributed by atoms with E-state index in [0.717, 1.165) is 36.7 Å². The highest BCUT2D eigenvalue weighted by molar-refractivity contribution is 5.32. The first-order chi connectivity index (χ1) is 9.50. The third-order valence-electron chi connectivity index (χ3n) is 4.37. The van der Waals surface area contributed by atoms with E-state index in [1.54, 1.807) is 0 Å². The summed E-state index contributed by atoms with van der Waals surface area (Å²) >= 11 is 0. The van der Waals surface area contributed by atoms with E-state index in [0.29, 0.717) is 12.5 Å². The van der Waals surface area contributed by atoms with Crippen LogP contribution in [-0.2, 0) is 6.54 Å². The van der Waals surface area contributed by atoms with Crippen LogP contribution in [0.2, 0.25) is 0 Å². The molecule has 2 saturated carbocycles. The van der Waals surface area contributed by atoms with Crippen LogP contribution in [0.5, 0.6) is 0 Å². The number of aromatic nitrogens is 2. The molecular weight excluding hydrogens is 262 g/mol. The average Bonchev–Trinajstić information content (AvgIpc) is 3.11. The van der Waals surface area contributed by atoms with E-state index in [1.165, 1.54) is 11.5 Å². The van der Waals surface area contributed by atoms with Crippen LogP contribution in [0.1, 0.15) is 43.8 Å². The van der Waals surface area contributed by atoms with Gasteiger partial charge in [-0.3, -0.25) is 24.0 Å². The molecule has 20 heavy (non-hydrogen) atoms. The standard InChI is InChI=1S/C13H17N3O4/c1-8-11(16(19)20)12(17)15(10-3-2-4-10)13(18)14(8)7-9-5-6-9/h9-10H,2-7H2,1H3. The summed E-state index contributed by atoms with van der Waals surface area (Å²) in [5, 5.41) is 11.2. The maximum Gasteiger partial charge on any atom is 0.353 e. The van der Waals surface area contributed by atoms with Crippen LogP contribution < -0.4 is 11.2 Å². The summed E-state index contributed by atoms with van der Waals surface area (Å²) in [5.74, 6) is 0.415. The minimum Gasteiger partial charge on any atom is -0.291 e. The van der Waals surface area contributed by atoms with Gasteiger partial charge in [-0.15, -0.1) is 0 Å². The van der Waals surface area contributed by atoms with Gasteiger partial charge in [-0.2, -0.15) is 0 Å². The highest BCUT2D eigenvalue weighted by Crippen LogP contribution is 2.32. The predicted molar refractivity (Wildman–Crippen MR) is 72.0 cm³/mol. The molecule has 7 nitrogen and oxygen atoms in total. The monoisotopic (exact) mass is 279 g/mol. The first-order valence-electron chi connectivity index (χ1n) is 7.01. The number of rotatable bonds is 4. The molecule has 0 unspecified atom stereocenters. The molecule has 1 aromatic heterocycles. The Labute approximate surface area is 115 Å². The van der Waals surface area contributed by atoms with Gasteiger partial charge in [0.15, 0.2) is 0 Å². The zero-order chi connectivity index (χ0) is 14.4. The molecule has 0 amide bonds. The van der Waals surface area contributed by atoms with Crippen LogP contribution in [0.4, 0.5) is 5.69 Å². The second kappa shape index (κ2) is 4.57. The zero-order valence-electron chi connectivity index (χ0n) is 11.4. The van der Waals surface area contributed by atoms with Crippen LogP contribution in [0, 0.1) is 23.0 Å². The molecule has 2 fully saturated rings. The van der Waals surface area contributed by atoms with Crippen molar-refractivity contribution in [1.29, 1.82) is 0 Å². The lowest BCUT2D eigenvalue weighted by Gasteiger charge is -2.27. The van der Waals surface area contributed by atoms with Gasteiger partial charge in [-0.05, 0) is 44.9 Å². The lowest BCUT2D eigenvalue weighted by molar-refractivity contribution is -0.387. The van der Waals surface area contributed by atoms with E-state index >= 15 is 0 Å².